The average molecular weight is 192 g/mol. The van der Waals surface area contributed by atoms with Crippen LogP contribution in [0, 0.1) is 6.92 Å². The zero-order valence-electron chi connectivity index (χ0n) is 7.47. The highest BCUT2D eigenvalue weighted by Gasteiger charge is 2.06. The van der Waals surface area contributed by atoms with Crippen LogP contribution in [0.3, 0.4) is 0 Å². The number of carbonyl (C=O) groups is 1. The minimum Gasteiger partial charge on any atom is -0.360 e. The lowest BCUT2D eigenvalue weighted by Gasteiger charge is -1.99. The highest BCUT2D eigenvalue weighted by Crippen LogP contribution is 2.07. The third-order valence-corrected chi connectivity index (χ3v) is 1.60. The first-order valence-corrected chi connectivity index (χ1v) is 3.98. The molecule has 0 aliphatic heterocycles. The molecule has 14 heavy (non-hydrogen) atoms. The predicted molar refractivity (Wildman–Crippen MR) is 47.9 cm³/mol. The quantitative estimate of drug-likeness (QED) is 0.738. The molecule has 0 spiro atoms. The maximum atomic E-state index is 11.4. The van der Waals surface area contributed by atoms with Gasteiger partial charge in [0.15, 0.2) is 5.82 Å². The fourth-order valence-corrected chi connectivity index (χ4v) is 0.979. The maximum absolute atomic E-state index is 11.4. The summed E-state index contributed by atoms with van der Waals surface area (Å²) in [6, 6.07) is 1.31. The van der Waals surface area contributed by atoms with Crippen molar-refractivity contribution in [3.05, 3.63) is 30.5 Å². The summed E-state index contributed by atoms with van der Waals surface area (Å²) in [5.41, 5.74) is 0. The predicted octanol–water partition coefficient (Wildman–Crippen LogP) is 1.26. The molecule has 0 aromatic carbocycles. The second kappa shape index (κ2) is 3.33. The summed E-state index contributed by atoms with van der Waals surface area (Å²) >= 11 is 0. The lowest BCUT2D eigenvalue weighted by Crippen LogP contribution is -2.17. The molecule has 6 nitrogen and oxygen atoms in total. The van der Waals surface area contributed by atoms with Gasteiger partial charge >= 0.3 is 6.03 Å². The van der Waals surface area contributed by atoms with Crippen molar-refractivity contribution in [3.8, 4) is 0 Å². The first-order valence-electron chi connectivity index (χ1n) is 3.98. The smallest absolute Gasteiger partial charge is 0.332 e. The highest BCUT2D eigenvalue weighted by atomic mass is 16.5. The maximum Gasteiger partial charge on any atom is 0.332 e. The SMILES string of the molecule is Cc1cc(NC(=O)n2ccnc2)no1. The molecule has 0 aliphatic rings. The molecule has 0 atom stereocenters. The fraction of sp³-hybridized carbons (Fsp3) is 0.125. The third-order valence-electron chi connectivity index (χ3n) is 1.60. The van der Waals surface area contributed by atoms with Crippen molar-refractivity contribution in [2.45, 2.75) is 6.92 Å². The molecule has 0 bridgehead atoms. The topological polar surface area (TPSA) is 73.0 Å². The van der Waals surface area contributed by atoms with Gasteiger partial charge in [-0.1, -0.05) is 5.16 Å². The molecule has 0 saturated carbocycles. The van der Waals surface area contributed by atoms with Gasteiger partial charge in [-0.3, -0.25) is 9.88 Å². The van der Waals surface area contributed by atoms with Crippen LogP contribution in [0.5, 0.6) is 0 Å². The van der Waals surface area contributed by atoms with Crippen LogP contribution in [-0.4, -0.2) is 20.7 Å². The molecular weight excluding hydrogens is 184 g/mol. The van der Waals surface area contributed by atoms with Crippen LogP contribution in [0.2, 0.25) is 0 Å². The second-order valence-corrected chi connectivity index (χ2v) is 2.72. The molecule has 2 heterocycles. The number of anilines is 1. The molecule has 0 radical (unpaired) electrons. The number of carbonyl (C=O) groups excluding carboxylic acids is 1. The minimum absolute atomic E-state index is 0.323. The number of aromatic nitrogens is 3. The summed E-state index contributed by atoms with van der Waals surface area (Å²) < 4.78 is 6.10. The number of hydrogen-bond donors (Lipinski definition) is 1. The van der Waals surface area contributed by atoms with Gasteiger partial charge in [-0.05, 0) is 6.92 Å². The van der Waals surface area contributed by atoms with Crippen molar-refractivity contribution in [2.75, 3.05) is 5.32 Å². The second-order valence-electron chi connectivity index (χ2n) is 2.72. The molecule has 1 N–H and O–H groups in total. The Balaban J connectivity index is 2.09. The van der Waals surface area contributed by atoms with E-state index in [9.17, 15) is 4.79 Å². The summed E-state index contributed by atoms with van der Waals surface area (Å²) in [5.74, 6) is 1.03. The van der Waals surface area contributed by atoms with Crippen LogP contribution in [0.25, 0.3) is 0 Å². The Morgan fingerprint density at radius 3 is 3.07 bits per heavy atom. The number of hydrogen-bond acceptors (Lipinski definition) is 4. The Hall–Kier alpha value is -2.11. The first kappa shape index (κ1) is 8.49. The van der Waals surface area contributed by atoms with E-state index in [4.69, 9.17) is 4.52 Å². The molecule has 0 aliphatic carbocycles. The zero-order valence-corrected chi connectivity index (χ0v) is 7.47. The first-order chi connectivity index (χ1) is 6.75. The van der Waals surface area contributed by atoms with E-state index in [1.807, 2.05) is 0 Å². The van der Waals surface area contributed by atoms with Gasteiger partial charge < -0.3 is 4.52 Å². The number of amides is 1. The summed E-state index contributed by atoms with van der Waals surface area (Å²) in [6.45, 7) is 1.75. The van der Waals surface area contributed by atoms with Gasteiger partial charge in [0.25, 0.3) is 0 Å². The van der Waals surface area contributed by atoms with E-state index in [0.717, 1.165) is 0 Å². The monoisotopic (exact) mass is 192 g/mol. The zero-order chi connectivity index (χ0) is 9.97. The van der Waals surface area contributed by atoms with Crippen LogP contribution in [0.1, 0.15) is 5.76 Å². The Morgan fingerprint density at radius 1 is 1.64 bits per heavy atom. The highest BCUT2D eigenvalue weighted by molar-refractivity contribution is 5.89. The summed E-state index contributed by atoms with van der Waals surface area (Å²) in [7, 11) is 0. The number of aryl methyl sites for hydroxylation is 1. The standard InChI is InChI=1S/C8H8N4O2/c1-6-4-7(11-14-6)10-8(13)12-3-2-9-5-12/h2-5H,1H3,(H,10,11,13). The van der Waals surface area contributed by atoms with Crippen molar-refractivity contribution in [1.29, 1.82) is 0 Å². The molecule has 0 fully saturated rings. The van der Waals surface area contributed by atoms with Gasteiger partial charge in [0.1, 0.15) is 12.1 Å². The van der Waals surface area contributed by atoms with E-state index in [1.54, 1.807) is 19.2 Å². The van der Waals surface area contributed by atoms with Crippen molar-refractivity contribution in [1.82, 2.24) is 14.7 Å². The third kappa shape index (κ3) is 1.63. The molecule has 2 rings (SSSR count). The molecule has 0 unspecified atom stereocenters. The van der Waals surface area contributed by atoms with E-state index in [0.29, 0.717) is 11.6 Å². The lowest BCUT2D eigenvalue weighted by atomic mass is 10.5. The molecule has 2 aromatic heterocycles. The van der Waals surface area contributed by atoms with Crippen LogP contribution in [0.15, 0.2) is 29.3 Å². The normalized spacial score (nSPS) is 10.1. The van der Waals surface area contributed by atoms with Gasteiger partial charge in [0.05, 0.1) is 0 Å². The molecular formula is C8H8N4O2. The van der Waals surface area contributed by atoms with Gasteiger partial charge in [-0.2, -0.15) is 0 Å². The number of imidazole rings is 1. The fourth-order valence-electron chi connectivity index (χ4n) is 0.979. The van der Waals surface area contributed by atoms with E-state index < -0.39 is 0 Å². The van der Waals surface area contributed by atoms with E-state index in [1.165, 1.54) is 17.1 Å². The van der Waals surface area contributed by atoms with E-state index in [-0.39, 0.29) is 6.03 Å². The van der Waals surface area contributed by atoms with Crippen molar-refractivity contribution in [3.63, 3.8) is 0 Å². The van der Waals surface area contributed by atoms with Crippen LogP contribution >= 0.6 is 0 Å². The van der Waals surface area contributed by atoms with Crippen LogP contribution in [0.4, 0.5) is 10.6 Å². The number of rotatable bonds is 1. The van der Waals surface area contributed by atoms with E-state index >= 15 is 0 Å². The molecule has 72 valence electrons. The minimum atomic E-state index is -0.323. The van der Waals surface area contributed by atoms with Gasteiger partial charge in [0.2, 0.25) is 0 Å². The number of nitrogens with zero attached hydrogens (tertiary/aromatic N) is 3. The van der Waals surface area contributed by atoms with Gasteiger partial charge in [-0.25, -0.2) is 9.78 Å². The summed E-state index contributed by atoms with van der Waals surface area (Å²) in [5, 5.41) is 6.17. The molecule has 1 amide bonds. The molecule has 0 saturated heterocycles. The summed E-state index contributed by atoms with van der Waals surface area (Å²) in [4.78, 5) is 15.2. The Bertz CT molecular complexity index is 432. The van der Waals surface area contributed by atoms with Crippen LogP contribution in [-0.2, 0) is 0 Å². The Morgan fingerprint density at radius 2 is 2.50 bits per heavy atom. The largest absolute Gasteiger partial charge is 0.360 e. The van der Waals surface area contributed by atoms with Gasteiger partial charge in [-0.15, -0.1) is 0 Å². The Kier molecular flexibility index (Phi) is 2.02. The van der Waals surface area contributed by atoms with Gasteiger partial charge in [0, 0.05) is 18.5 Å². The molecule has 2 aromatic rings. The van der Waals surface area contributed by atoms with E-state index in [2.05, 4.69) is 15.5 Å². The summed E-state index contributed by atoms with van der Waals surface area (Å²) in [6.07, 6.45) is 4.47. The van der Waals surface area contributed by atoms with Crippen molar-refractivity contribution < 1.29 is 9.32 Å². The van der Waals surface area contributed by atoms with Crippen molar-refractivity contribution >= 4 is 11.8 Å². The average Bonchev–Trinajstić information content (AvgIpc) is 2.75. The van der Waals surface area contributed by atoms with Crippen molar-refractivity contribution in [2.24, 2.45) is 0 Å². The lowest BCUT2D eigenvalue weighted by molar-refractivity contribution is 0.253. The number of nitrogens with one attached hydrogen (secondary N) is 1. The van der Waals surface area contributed by atoms with Crippen LogP contribution < -0.4 is 5.32 Å². The Labute approximate surface area is 79.5 Å². The molecule has 6 heteroatoms.